The third-order valence-electron chi connectivity index (χ3n) is 3.41. The smallest absolute Gasteiger partial charge is 0.129 e. The van der Waals surface area contributed by atoms with Gasteiger partial charge in [-0.05, 0) is 40.9 Å². The Kier molecular flexibility index (Phi) is 8.35. The Bertz CT molecular complexity index is 501. The summed E-state index contributed by atoms with van der Waals surface area (Å²) in [7, 11) is 1.71. The number of nitrogens with zero attached hydrogens (tertiary/aromatic N) is 1. The van der Waals surface area contributed by atoms with Crippen molar-refractivity contribution < 1.29 is 19.0 Å². The standard InChI is InChI=1S/C17H25NO4S/c1-20-7-3-6-18(10-15-5-9-23-14-15)11-16(19)12-21-13-17-4-2-8-22-17/h2,4-5,8-9,14,16,19H,3,6-7,10-13H2,1H3/t16-/m0/s1. The van der Waals surface area contributed by atoms with E-state index in [-0.39, 0.29) is 0 Å². The molecule has 0 amide bonds. The van der Waals surface area contributed by atoms with Crippen molar-refractivity contribution in [2.24, 2.45) is 0 Å². The van der Waals surface area contributed by atoms with Gasteiger partial charge in [0.25, 0.3) is 0 Å². The Morgan fingerprint density at radius 2 is 2.30 bits per heavy atom. The Morgan fingerprint density at radius 3 is 3.00 bits per heavy atom. The average Bonchev–Trinajstić information content (AvgIpc) is 3.21. The van der Waals surface area contributed by atoms with Crippen molar-refractivity contribution in [3.8, 4) is 0 Å². The van der Waals surface area contributed by atoms with E-state index in [1.54, 1.807) is 24.7 Å². The summed E-state index contributed by atoms with van der Waals surface area (Å²) in [6.45, 7) is 3.72. The van der Waals surface area contributed by atoms with Gasteiger partial charge in [0.15, 0.2) is 0 Å². The SMILES string of the molecule is COCCCN(Cc1ccsc1)C[C@H](O)COCc1ccco1. The summed E-state index contributed by atoms with van der Waals surface area (Å²) in [5.41, 5.74) is 1.27. The van der Waals surface area contributed by atoms with E-state index in [1.807, 2.05) is 12.1 Å². The molecule has 0 saturated heterocycles. The van der Waals surface area contributed by atoms with Crippen LogP contribution in [-0.2, 0) is 22.6 Å². The highest BCUT2D eigenvalue weighted by atomic mass is 32.1. The molecule has 0 bridgehead atoms. The summed E-state index contributed by atoms with van der Waals surface area (Å²) in [5.74, 6) is 0.771. The topological polar surface area (TPSA) is 55.1 Å². The van der Waals surface area contributed by atoms with E-state index in [2.05, 4.69) is 21.7 Å². The lowest BCUT2D eigenvalue weighted by Gasteiger charge is -2.24. The van der Waals surface area contributed by atoms with Crippen molar-refractivity contribution in [3.63, 3.8) is 0 Å². The summed E-state index contributed by atoms with van der Waals surface area (Å²) in [6, 6.07) is 5.81. The molecule has 2 rings (SSSR count). The third-order valence-corrected chi connectivity index (χ3v) is 4.14. The molecule has 5 nitrogen and oxygen atoms in total. The van der Waals surface area contributed by atoms with Crippen molar-refractivity contribution in [1.82, 2.24) is 4.90 Å². The maximum absolute atomic E-state index is 10.2. The second kappa shape index (κ2) is 10.6. The second-order valence-corrected chi connectivity index (χ2v) is 6.24. The van der Waals surface area contributed by atoms with Crippen molar-refractivity contribution in [1.29, 1.82) is 0 Å². The first kappa shape index (κ1) is 18.2. The van der Waals surface area contributed by atoms with Crippen LogP contribution in [0.25, 0.3) is 0 Å². The summed E-state index contributed by atoms with van der Waals surface area (Å²) >= 11 is 1.69. The number of furan rings is 1. The van der Waals surface area contributed by atoms with Crippen LogP contribution in [0.5, 0.6) is 0 Å². The molecule has 2 aromatic rings. The van der Waals surface area contributed by atoms with E-state index in [1.165, 1.54) is 5.56 Å². The molecule has 23 heavy (non-hydrogen) atoms. The van der Waals surface area contributed by atoms with E-state index in [0.717, 1.165) is 31.9 Å². The fourth-order valence-corrected chi connectivity index (χ4v) is 3.01. The average molecular weight is 339 g/mol. The van der Waals surface area contributed by atoms with Gasteiger partial charge < -0.3 is 19.0 Å². The van der Waals surface area contributed by atoms with Crippen molar-refractivity contribution in [3.05, 3.63) is 46.5 Å². The van der Waals surface area contributed by atoms with Crippen molar-refractivity contribution in [2.45, 2.75) is 25.7 Å². The predicted molar refractivity (Wildman–Crippen MR) is 90.5 cm³/mol. The Morgan fingerprint density at radius 1 is 1.39 bits per heavy atom. The summed E-state index contributed by atoms with van der Waals surface area (Å²) in [5, 5.41) is 14.4. The fraction of sp³-hybridized carbons (Fsp3) is 0.529. The molecule has 0 radical (unpaired) electrons. The molecule has 0 aliphatic heterocycles. The first-order valence-electron chi connectivity index (χ1n) is 7.78. The van der Waals surface area contributed by atoms with Gasteiger partial charge in [-0.15, -0.1) is 0 Å². The number of hydrogen-bond acceptors (Lipinski definition) is 6. The number of rotatable bonds is 12. The second-order valence-electron chi connectivity index (χ2n) is 5.46. The Balaban J connectivity index is 1.73. The molecular formula is C17H25NO4S. The molecule has 0 saturated carbocycles. The molecule has 0 fully saturated rings. The van der Waals surface area contributed by atoms with Gasteiger partial charge in [-0.2, -0.15) is 11.3 Å². The first-order chi connectivity index (χ1) is 11.3. The number of hydrogen-bond donors (Lipinski definition) is 1. The molecule has 1 N–H and O–H groups in total. The maximum Gasteiger partial charge on any atom is 0.129 e. The summed E-state index contributed by atoms with van der Waals surface area (Å²) in [4.78, 5) is 2.24. The quantitative estimate of drug-likeness (QED) is 0.603. The van der Waals surface area contributed by atoms with E-state index in [9.17, 15) is 5.11 Å². The van der Waals surface area contributed by atoms with Gasteiger partial charge in [0.2, 0.25) is 0 Å². The maximum atomic E-state index is 10.2. The van der Waals surface area contributed by atoms with Gasteiger partial charge in [0, 0.05) is 33.4 Å². The monoisotopic (exact) mass is 339 g/mol. The summed E-state index contributed by atoms with van der Waals surface area (Å²) in [6.07, 6.45) is 2.04. The summed E-state index contributed by atoms with van der Waals surface area (Å²) < 4.78 is 15.8. The van der Waals surface area contributed by atoms with Gasteiger partial charge in [-0.1, -0.05) is 0 Å². The van der Waals surface area contributed by atoms with Crippen molar-refractivity contribution in [2.75, 3.05) is 33.4 Å². The molecular weight excluding hydrogens is 314 g/mol. The van der Waals surface area contributed by atoms with Crippen LogP contribution >= 0.6 is 11.3 Å². The Labute approximate surface area is 141 Å². The number of aliphatic hydroxyl groups is 1. The van der Waals surface area contributed by atoms with Gasteiger partial charge in [0.05, 0.1) is 19.0 Å². The zero-order valence-corrected chi connectivity index (χ0v) is 14.3. The minimum Gasteiger partial charge on any atom is -0.467 e. The number of thiophene rings is 1. The number of ether oxygens (including phenoxy) is 2. The first-order valence-corrected chi connectivity index (χ1v) is 8.72. The molecule has 128 valence electrons. The molecule has 0 aliphatic carbocycles. The minimum absolute atomic E-state index is 0.297. The van der Waals surface area contributed by atoms with E-state index >= 15 is 0 Å². The third kappa shape index (κ3) is 7.28. The van der Waals surface area contributed by atoms with E-state index < -0.39 is 6.10 Å². The zero-order valence-electron chi connectivity index (χ0n) is 13.5. The highest BCUT2D eigenvalue weighted by Gasteiger charge is 2.13. The van der Waals surface area contributed by atoms with Crippen LogP contribution in [0, 0.1) is 0 Å². The lowest BCUT2D eigenvalue weighted by atomic mass is 10.2. The van der Waals surface area contributed by atoms with Gasteiger partial charge in [0.1, 0.15) is 12.4 Å². The number of aliphatic hydroxyl groups excluding tert-OH is 1. The van der Waals surface area contributed by atoms with Crippen LogP contribution in [-0.4, -0.2) is 49.5 Å². The highest BCUT2D eigenvalue weighted by Crippen LogP contribution is 2.11. The highest BCUT2D eigenvalue weighted by molar-refractivity contribution is 7.07. The number of methoxy groups -OCH3 is 1. The van der Waals surface area contributed by atoms with E-state index in [0.29, 0.717) is 19.8 Å². The molecule has 0 unspecified atom stereocenters. The molecule has 6 heteroatoms. The lowest BCUT2D eigenvalue weighted by molar-refractivity contribution is 0.00283. The van der Waals surface area contributed by atoms with Crippen LogP contribution in [0.15, 0.2) is 39.6 Å². The van der Waals surface area contributed by atoms with Gasteiger partial charge >= 0.3 is 0 Å². The minimum atomic E-state index is -0.522. The normalized spacial score (nSPS) is 12.8. The molecule has 0 aliphatic rings. The molecule has 2 heterocycles. The molecule has 0 aromatic carbocycles. The fourth-order valence-electron chi connectivity index (χ4n) is 2.35. The van der Waals surface area contributed by atoms with Gasteiger partial charge in [-0.3, -0.25) is 4.90 Å². The predicted octanol–water partition coefficient (Wildman–Crippen LogP) is 2.76. The van der Waals surface area contributed by atoms with Gasteiger partial charge in [-0.25, -0.2) is 0 Å². The van der Waals surface area contributed by atoms with Crippen LogP contribution < -0.4 is 0 Å². The lowest BCUT2D eigenvalue weighted by Crippen LogP contribution is -2.35. The molecule has 1 atom stereocenters. The van der Waals surface area contributed by atoms with Crippen LogP contribution in [0.1, 0.15) is 17.7 Å². The van der Waals surface area contributed by atoms with E-state index in [4.69, 9.17) is 13.9 Å². The largest absolute Gasteiger partial charge is 0.467 e. The van der Waals surface area contributed by atoms with Crippen LogP contribution in [0.3, 0.4) is 0 Å². The zero-order chi connectivity index (χ0) is 16.3. The van der Waals surface area contributed by atoms with Crippen molar-refractivity contribution >= 4 is 11.3 Å². The molecule has 2 aromatic heterocycles. The van der Waals surface area contributed by atoms with Crippen LogP contribution in [0.4, 0.5) is 0 Å². The van der Waals surface area contributed by atoms with Crippen LogP contribution in [0.2, 0.25) is 0 Å². The Hall–Kier alpha value is -1.18. The molecule has 0 spiro atoms.